The molecule has 0 radical (unpaired) electrons. The van der Waals surface area contributed by atoms with Crippen molar-refractivity contribution in [2.24, 2.45) is 0 Å². The van der Waals surface area contributed by atoms with Crippen LogP contribution in [-0.2, 0) is 133 Å². The highest BCUT2D eigenvalue weighted by Crippen LogP contribution is 2.39. The summed E-state index contributed by atoms with van der Waals surface area (Å²) in [5, 5.41) is 2.52. The molecule has 3 rings (SSSR count). The third kappa shape index (κ3) is 24.3. The quantitative estimate of drug-likeness (QED) is 0.0772. The molecule has 0 saturated carbocycles. The average Bonchev–Trinajstić information content (AvgIpc) is 3.53. The zero-order chi connectivity index (χ0) is 62.8. The summed E-state index contributed by atoms with van der Waals surface area (Å²) >= 11 is 0. The Bertz CT molecular complexity index is 2320. The first kappa shape index (κ1) is 70.7. The summed E-state index contributed by atoms with van der Waals surface area (Å²) in [7, 11) is -1.73. The van der Waals surface area contributed by atoms with Crippen molar-refractivity contribution < 1.29 is 138 Å². The molecule has 3 fully saturated rings. The average molecular weight is 1210 g/mol. The molecule has 3 aliphatic heterocycles. The van der Waals surface area contributed by atoms with Crippen molar-refractivity contribution in [3.8, 4) is 0 Å². The molecule has 3 heterocycles. The maximum atomic E-state index is 13.7. The molecule has 1 N–H and O–H groups in total. The Balaban J connectivity index is 2.30. The van der Waals surface area contributed by atoms with Crippen LogP contribution in [0.3, 0.4) is 0 Å². The second-order valence-corrected chi connectivity index (χ2v) is 27.3. The summed E-state index contributed by atoms with van der Waals surface area (Å²) in [6.45, 7) is 18.7. The van der Waals surface area contributed by atoms with Crippen molar-refractivity contribution in [1.82, 2.24) is 5.32 Å². The Morgan fingerprint density at radius 1 is 0.422 bits per heavy atom. The zero-order valence-electron chi connectivity index (χ0n) is 49.5. The van der Waals surface area contributed by atoms with Gasteiger partial charge in [-0.05, 0) is 39.7 Å². The first-order valence-electron chi connectivity index (χ1n) is 26.5. The van der Waals surface area contributed by atoms with Crippen molar-refractivity contribution in [3.05, 3.63) is 0 Å². The Kier molecular flexibility index (Phi) is 27.2. The molecule has 0 aromatic carbocycles. The number of hydrogen-bond donors (Lipinski definition) is 1. The number of ether oxygens (including phenoxy) is 17. The Labute approximate surface area is 480 Å². The number of amides is 1. The van der Waals surface area contributed by atoms with Gasteiger partial charge < -0.3 is 85.8 Å². The highest BCUT2D eigenvalue weighted by molar-refractivity contribution is 6.76. The van der Waals surface area contributed by atoms with Gasteiger partial charge in [-0.15, -0.1) is 0 Å². The monoisotopic (exact) mass is 1210 g/mol. The SMILES string of the molecule is CC(=O)OC[C@H]1O[C@H](O[C@@H]2[C@H](OC(C)=O)[C@@H](OC(C)=O)[C@H](O[C@H]3[C@H](OC(C)=O)[C@@H](OC(C)=O)[C@H](CC[C@H](NC(=O)OC(C)(C)C)C(=O)OCC[Si](C)(C)C)O[C@@H]3COC(C)=O)O[C@@H]2COC(C)=O)[C@H](OC(C)=O)[C@@H](OC(C)=O)[C@H]1OC(C)=O. The van der Waals surface area contributed by atoms with E-state index in [4.69, 9.17) is 80.5 Å². The van der Waals surface area contributed by atoms with Crippen molar-refractivity contribution in [2.45, 2.75) is 232 Å². The smallest absolute Gasteiger partial charge is 0.408 e. The second kappa shape index (κ2) is 31.9. The van der Waals surface area contributed by atoms with Crippen LogP contribution in [0.25, 0.3) is 0 Å². The van der Waals surface area contributed by atoms with Gasteiger partial charge in [0, 0.05) is 77.3 Å². The standard InChI is InChI=1S/C52H79NO29Si/c1-24(54)67-21-36-41(43(72-29(6)59)39(70-27(4)57)35(77-36)18-17-34(53-51(65)82-52(11,12)13)48(64)66-19-20-83(14,15)16)80-50-47(76-33(10)63)45(74-31(8)61)42(38(79-50)23-69-26(3)56)81-49-46(75-32(9)62)44(73-30(7)60)40(71-28(5)58)37(78-49)22-68-25(2)55/h34-47,49-50H,17-23H2,1-16H3,(H,53,65)/t34-,35-,36+,37+,38+,39-,40-,41+,42-,43+,44-,45-,46+,47+,49+,50-/m0/s1. The van der Waals surface area contributed by atoms with Crippen LogP contribution < -0.4 is 5.32 Å². The molecule has 0 unspecified atom stereocenters. The van der Waals surface area contributed by atoms with Gasteiger partial charge in [0.1, 0.15) is 62.0 Å². The van der Waals surface area contributed by atoms with Crippen LogP contribution >= 0.6 is 0 Å². The number of alkyl carbamates (subject to hydrolysis) is 1. The lowest BCUT2D eigenvalue weighted by atomic mass is 9.90. The maximum Gasteiger partial charge on any atom is 0.408 e. The fourth-order valence-electron chi connectivity index (χ4n) is 8.71. The van der Waals surface area contributed by atoms with Crippen molar-refractivity contribution in [1.29, 1.82) is 0 Å². The summed E-state index contributed by atoms with van der Waals surface area (Å²) in [5.74, 6) is -10.6. The van der Waals surface area contributed by atoms with Gasteiger partial charge in [0.15, 0.2) is 55.3 Å². The minimum absolute atomic E-state index is 0.0233. The lowest BCUT2D eigenvalue weighted by molar-refractivity contribution is -0.374. The Morgan fingerprint density at radius 3 is 1.11 bits per heavy atom. The molecule has 0 aromatic heterocycles. The first-order chi connectivity index (χ1) is 38.4. The fourth-order valence-corrected chi connectivity index (χ4v) is 9.42. The van der Waals surface area contributed by atoms with Gasteiger partial charge in [-0.3, -0.25) is 47.9 Å². The molecule has 470 valence electrons. The number of esters is 11. The van der Waals surface area contributed by atoms with E-state index in [0.717, 1.165) is 69.2 Å². The molecule has 83 heavy (non-hydrogen) atoms. The van der Waals surface area contributed by atoms with Gasteiger partial charge >= 0.3 is 71.8 Å². The van der Waals surface area contributed by atoms with Crippen LogP contribution in [0.4, 0.5) is 4.79 Å². The van der Waals surface area contributed by atoms with Crippen LogP contribution in [0, 0.1) is 0 Å². The van der Waals surface area contributed by atoms with Gasteiger partial charge in [-0.1, -0.05) is 19.6 Å². The second-order valence-electron chi connectivity index (χ2n) is 21.7. The molecule has 0 aliphatic carbocycles. The minimum atomic E-state index is -2.09. The summed E-state index contributed by atoms with van der Waals surface area (Å²) < 4.78 is 98.8. The predicted molar refractivity (Wildman–Crippen MR) is 276 cm³/mol. The molecule has 31 heteroatoms. The molecule has 1 amide bonds. The van der Waals surface area contributed by atoms with E-state index < -0.39 is 203 Å². The number of carbonyl (C=O) groups excluding carboxylic acids is 12. The van der Waals surface area contributed by atoms with Crippen molar-refractivity contribution in [2.75, 3.05) is 26.4 Å². The van der Waals surface area contributed by atoms with Crippen LogP contribution in [-0.4, -0.2) is 210 Å². The molecule has 3 saturated heterocycles. The van der Waals surface area contributed by atoms with Crippen molar-refractivity contribution >= 4 is 79.8 Å². The number of nitrogens with one attached hydrogen (secondary N) is 1. The minimum Gasteiger partial charge on any atom is -0.464 e. The molecule has 0 spiro atoms. The Morgan fingerprint density at radius 2 is 0.747 bits per heavy atom. The van der Waals surface area contributed by atoms with Gasteiger partial charge in [0.2, 0.25) is 0 Å². The van der Waals surface area contributed by atoms with E-state index >= 15 is 0 Å². The van der Waals surface area contributed by atoms with Crippen LogP contribution in [0.5, 0.6) is 0 Å². The van der Waals surface area contributed by atoms with E-state index in [2.05, 4.69) is 25.0 Å². The summed E-state index contributed by atoms with van der Waals surface area (Å²) in [4.78, 5) is 155. The maximum absolute atomic E-state index is 13.7. The van der Waals surface area contributed by atoms with Crippen LogP contribution in [0.15, 0.2) is 0 Å². The van der Waals surface area contributed by atoms with E-state index in [9.17, 15) is 57.5 Å². The van der Waals surface area contributed by atoms with E-state index in [-0.39, 0.29) is 19.4 Å². The molecule has 16 atom stereocenters. The molecular formula is C52H79NO29Si. The lowest BCUT2D eigenvalue weighted by Gasteiger charge is -2.50. The molecule has 3 aliphatic rings. The highest BCUT2D eigenvalue weighted by Gasteiger charge is 2.60. The largest absolute Gasteiger partial charge is 0.464 e. The van der Waals surface area contributed by atoms with E-state index in [0.29, 0.717) is 6.04 Å². The third-order valence-corrected chi connectivity index (χ3v) is 13.5. The van der Waals surface area contributed by atoms with E-state index in [1.54, 1.807) is 20.8 Å². The third-order valence-electron chi connectivity index (χ3n) is 11.8. The van der Waals surface area contributed by atoms with Crippen LogP contribution in [0.1, 0.15) is 103 Å². The van der Waals surface area contributed by atoms with Gasteiger partial charge in [0.25, 0.3) is 0 Å². The molecule has 0 aromatic rings. The number of carbonyl (C=O) groups is 12. The summed E-state index contributed by atoms with van der Waals surface area (Å²) in [5.41, 5.74) is -0.995. The van der Waals surface area contributed by atoms with E-state index in [1.165, 1.54) is 0 Å². The first-order valence-corrected chi connectivity index (χ1v) is 30.2. The van der Waals surface area contributed by atoms with Crippen molar-refractivity contribution in [3.63, 3.8) is 0 Å². The fraction of sp³-hybridized carbons (Fsp3) is 0.769. The van der Waals surface area contributed by atoms with Gasteiger partial charge in [-0.2, -0.15) is 0 Å². The zero-order valence-corrected chi connectivity index (χ0v) is 50.5. The van der Waals surface area contributed by atoms with Gasteiger partial charge in [-0.25, -0.2) is 9.59 Å². The molecule has 0 bridgehead atoms. The molecule has 30 nitrogen and oxygen atoms in total. The van der Waals surface area contributed by atoms with Gasteiger partial charge in [0.05, 0.1) is 12.7 Å². The topological polar surface area (TPSA) is 374 Å². The highest BCUT2D eigenvalue weighted by atomic mass is 28.3. The van der Waals surface area contributed by atoms with E-state index in [1.807, 2.05) is 0 Å². The summed E-state index contributed by atoms with van der Waals surface area (Å²) in [6.07, 6.45) is -28.6. The number of rotatable bonds is 25. The normalized spacial score (nSPS) is 28.2. The predicted octanol–water partition coefficient (Wildman–Crippen LogP) is 1.74. The molecular weight excluding hydrogens is 1130 g/mol. The summed E-state index contributed by atoms with van der Waals surface area (Å²) in [6, 6.07) is -0.832. The lowest BCUT2D eigenvalue weighted by Crippen LogP contribution is -2.68. The number of hydrogen-bond acceptors (Lipinski definition) is 29. The Hall–Kier alpha value is -6.54. The van der Waals surface area contributed by atoms with Crippen LogP contribution in [0.2, 0.25) is 25.7 Å².